The quantitative estimate of drug-likeness (QED) is 0.189. The van der Waals surface area contributed by atoms with Crippen LogP contribution < -0.4 is 30.4 Å². The molecular weight excluding hydrogens is 593 g/mol. The summed E-state index contributed by atoms with van der Waals surface area (Å²) >= 11 is 0. The zero-order valence-electron chi connectivity index (χ0n) is 23.4. The van der Waals surface area contributed by atoms with Crippen LogP contribution in [0.25, 0.3) is 5.69 Å². The number of amides is 2. The van der Waals surface area contributed by atoms with Crippen molar-refractivity contribution in [2.24, 2.45) is 0 Å². The minimum absolute atomic E-state index is 0.00193. The summed E-state index contributed by atoms with van der Waals surface area (Å²) < 4.78 is 60.7. The van der Waals surface area contributed by atoms with E-state index in [1.54, 1.807) is 37.3 Å². The molecule has 0 spiro atoms. The van der Waals surface area contributed by atoms with Crippen molar-refractivity contribution in [2.75, 3.05) is 17.2 Å². The number of hydrogen-bond donors (Lipinski definition) is 2. The number of carbonyl (C=O) groups excluding carboxylic acids is 2. The Morgan fingerprint density at radius 3 is 2.33 bits per heavy atom. The van der Waals surface area contributed by atoms with Crippen molar-refractivity contribution in [2.45, 2.75) is 6.92 Å². The van der Waals surface area contributed by atoms with Gasteiger partial charge in [0.15, 0.2) is 17.4 Å². The second kappa shape index (κ2) is 13.5. The summed E-state index contributed by atoms with van der Waals surface area (Å²) in [6.45, 7) is 1.74. The predicted octanol–water partition coefficient (Wildman–Crippen LogP) is 6.70. The fraction of sp³-hybridized carbons (Fsp3) is 0.0625. The molecule has 2 heterocycles. The molecule has 5 rings (SSSR count). The first-order valence-corrected chi connectivity index (χ1v) is 13.3. The Bertz CT molecular complexity index is 1920. The highest BCUT2D eigenvalue weighted by atomic mass is 19.1. The van der Waals surface area contributed by atoms with E-state index in [2.05, 4.69) is 15.6 Å². The van der Waals surface area contributed by atoms with Crippen molar-refractivity contribution in [3.8, 4) is 28.7 Å². The van der Waals surface area contributed by atoms with Gasteiger partial charge < -0.3 is 19.5 Å². The van der Waals surface area contributed by atoms with Crippen LogP contribution in [0.5, 0.6) is 23.0 Å². The summed E-state index contributed by atoms with van der Waals surface area (Å²) in [5, 5.41) is 4.60. The SMILES string of the molecule is CCOc1ccn(-c2ccc(F)cc2)c(=O)c1C(=O)Nc1cc(F)c(Oc2ccnc(NC(=O)Oc3ccccc3)c2)cc1F. The van der Waals surface area contributed by atoms with E-state index in [1.165, 1.54) is 42.7 Å². The van der Waals surface area contributed by atoms with Crippen LogP contribution in [0.3, 0.4) is 0 Å². The molecule has 0 bridgehead atoms. The Hall–Kier alpha value is -6.11. The van der Waals surface area contributed by atoms with E-state index >= 15 is 8.78 Å². The number of anilines is 2. The average molecular weight is 617 g/mol. The highest BCUT2D eigenvalue weighted by Crippen LogP contribution is 2.30. The number of carbonyl (C=O) groups is 2. The first kappa shape index (κ1) is 30.4. The number of nitrogens with one attached hydrogen (secondary N) is 2. The highest BCUT2D eigenvalue weighted by Gasteiger charge is 2.22. The minimum Gasteiger partial charge on any atom is -0.493 e. The van der Waals surface area contributed by atoms with E-state index < -0.39 is 52.0 Å². The zero-order valence-corrected chi connectivity index (χ0v) is 23.4. The van der Waals surface area contributed by atoms with E-state index in [0.717, 1.165) is 16.7 Å². The van der Waals surface area contributed by atoms with Crippen LogP contribution in [0.1, 0.15) is 17.3 Å². The fourth-order valence-electron chi connectivity index (χ4n) is 4.09. The van der Waals surface area contributed by atoms with Crippen LogP contribution in [-0.4, -0.2) is 28.2 Å². The second-order valence-electron chi connectivity index (χ2n) is 9.16. The van der Waals surface area contributed by atoms with Gasteiger partial charge in [-0.3, -0.25) is 19.5 Å². The van der Waals surface area contributed by atoms with Gasteiger partial charge in [-0.25, -0.2) is 22.9 Å². The molecule has 0 aliphatic heterocycles. The number of benzene rings is 3. The Balaban J connectivity index is 1.34. The van der Waals surface area contributed by atoms with Crippen molar-refractivity contribution in [1.29, 1.82) is 0 Å². The Morgan fingerprint density at radius 2 is 1.60 bits per heavy atom. The molecule has 10 nitrogen and oxygen atoms in total. The number of halogens is 3. The molecule has 45 heavy (non-hydrogen) atoms. The minimum atomic E-state index is -1.08. The molecule has 2 aromatic heterocycles. The first-order chi connectivity index (χ1) is 21.7. The summed E-state index contributed by atoms with van der Waals surface area (Å²) in [5.74, 6) is -4.04. The van der Waals surface area contributed by atoms with Gasteiger partial charge >= 0.3 is 6.09 Å². The van der Waals surface area contributed by atoms with Gasteiger partial charge in [0.1, 0.15) is 34.4 Å². The third-order valence-electron chi connectivity index (χ3n) is 6.10. The smallest absolute Gasteiger partial charge is 0.418 e. The van der Waals surface area contributed by atoms with Gasteiger partial charge in [0, 0.05) is 36.3 Å². The van der Waals surface area contributed by atoms with Crippen molar-refractivity contribution in [1.82, 2.24) is 9.55 Å². The molecule has 0 saturated heterocycles. The number of para-hydroxylation sites is 1. The van der Waals surface area contributed by atoms with E-state index in [-0.39, 0.29) is 29.6 Å². The topological polar surface area (TPSA) is 121 Å². The maximum absolute atomic E-state index is 15.1. The predicted molar refractivity (Wildman–Crippen MR) is 158 cm³/mol. The fourth-order valence-corrected chi connectivity index (χ4v) is 4.09. The zero-order chi connectivity index (χ0) is 31.9. The number of pyridine rings is 2. The molecule has 0 atom stereocenters. The van der Waals surface area contributed by atoms with Crippen molar-refractivity contribution in [3.05, 3.63) is 131 Å². The van der Waals surface area contributed by atoms with Gasteiger partial charge in [0.2, 0.25) is 0 Å². The lowest BCUT2D eigenvalue weighted by Gasteiger charge is -2.14. The first-order valence-electron chi connectivity index (χ1n) is 13.3. The molecule has 0 fully saturated rings. The highest BCUT2D eigenvalue weighted by molar-refractivity contribution is 6.06. The van der Waals surface area contributed by atoms with Crippen LogP contribution in [0.2, 0.25) is 0 Å². The van der Waals surface area contributed by atoms with E-state index in [9.17, 15) is 18.8 Å². The Morgan fingerprint density at radius 1 is 0.844 bits per heavy atom. The van der Waals surface area contributed by atoms with Gasteiger partial charge in [-0.1, -0.05) is 18.2 Å². The lowest BCUT2D eigenvalue weighted by molar-refractivity contribution is 0.102. The molecule has 5 aromatic rings. The molecule has 3 aromatic carbocycles. The molecule has 0 aliphatic rings. The summed E-state index contributed by atoms with van der Waals surface area (Å²) in [6.07, 6.45) is 1.78. The third-order valence-corrected chi connectivity index (χ3v) is 6.10. The van der Waals surface area contributed by atoms with Crippen molar-refractivity contribution >= 4 is 23.5 Å². The second-order valence-corrected chi connectivity index (χ2v) is 9.16. The summed E-state index contributed by atoms with van der Waals surface area (Å²) in [5.41, 5.74) is -1.63. The Kier molecular flexibility index (Phi) is 9.08. The largest absolute Gasteiger partial charge is 0.493 e. The molecular formula is C32H23F3N4O6. The van der Waals surface area contributed by atoms with E-state index in [4.69, 9.17) is 14.2 Å². The lowest BCUT2D eigenvalue weighted by atomic mass is 10.2. The van der Waals surface area contributed by atoms with Crippen LogP contribution >= 0.6 is 0 Å². The third kappa shape index (κ3) is 7.28. The van der Waals surface area contributed by atoms with Gasteiger partial charge in [-0.2, -0.15) is 0 Å². The number of nitrogens with zero attached hydrogens (tertiary/aromatic N) is 2. The number of rotatable bonds is 9. The monoisotopic (exact) mass is 616 g/mol. The number of aromatic nitrogens is 2. The van der Waals surface area contributed by atoms with Crippen LogP contribution in [0, 0.1) is 17.5 Å². The maximum atomic E-state index is 15.1. The van der Waals surface area contributed by atoms with Crippen LogP contribution in [-0.2, 0) is 0 Å². The molecule has 0 radical (unpaired) electrons. The molecule has 0 aliphatic carbocycles. The molecule has 0 saturated carbocycles. The van der Waals surface area contributed by atoms with Crippen LogP contribution in [0.15, 0.2) is 102 Å². The molecule has 0 unspecified atom stereocenters. The summed E-state index contributed by atoms with van der Waals surface area (Å²) in [4.78, 5) is 42.6. The van der Waals surface area contributed by atoms with Crippen LogP contribution in [0.4, 0.5) is 29.5 Å². The van der Waals surface area contributed by atoms with E-state index in [0.29, 0.717) is 17.9 Å². The van der Waals surface area contributed by atoms with Gasteiger partial charge in [-0.05, 0) is 55.5 Å². The van der Waals surface area contributed by atoms with Gasteiger partial charge in [0.05, 0.1) is 12.3 Å². The normalized spacial score (nSPS) is 10.6. The molecule has 2 N–H and O–H groups in total. The molecule has 2 amide bonds. The maximum Gasteiger partial charge on any atom is 0.418 e. The lowest BCUT2D eigenvalue weighted by Crippen LogP contribution is -2.29. The number of hydrogen-bond acceptors (Lipinski definition) is 7. The summed E-state index contributed by atoms with van der Waals surface area (Å²) in [7, 11) is 0. The number of ether oxygens (including phenoxy) is 3. The van der Waals surface area contributed by atoms with Crippen molar-refractivity contribution < 1.29 is 37.0 Å². The summed E-state index contributed by atoms with van der Waals surface area (Å²) in [6, 6.07) is 18.6. The van der Waals surface area contributed by atoms with Crippen molar-refractivity contribution in [3.63, 3.8) is 0 Å². The average Bonchev–Trinajstić information content (AvgIpc) is 3.01. The molecule has 228 valence electrons. The van der Waals surface area contributed by atoms with E-state index in [1.807, 2.05) is 0 Å². The van der Waals surface area contributed by atoms with Gasteiger partial charge in [-0.15, -0.1) is 0 Å². The Labute approximate surface area is 253 Å². The van der Waals surface area contributed by atoms with Gasteiger partial charge in [0.25, 0.3) is 11.5 Å². The standard InChI is InChI=1S/C32H23F3N4O6/c1-2-43-26-13-15-39(20-10-8-19(33)9-11-20)31(41)29(26)30(40)37-25-17-24(35)27(18-23(25)34)44-22-12-14-36-28(16-22)38-32(42)45-21-6-4-3-5-7-21/h3-18H,2H2,1H3,(H,37,40)(H,36,38,42). The molecule has 13 heteroatoms.